The summed E-state index contributed by atoms with van der Waals surface area (Å²) in [5.41, 5.74) is 6.66. The average molecular weight is 328 g/mol. The number of carbonyl (C=O) groups excluding carboxylic acids is 1. The van der Waals surface area contributed by atoms with E-state index in [4.69, 9.17) is 10.5 Å². The maximum atomic E-state index is 11.8. The SMILES string of the molecule is CC(C)CC(CN)CC(=O)OCc1cccc(Br)c1. The number of esters is 1. The van der Waals surface area contributed by atoms with E-state index in [0.717, 1.165) is 16.5 Å². The van der Waals surface area contributed by atoms with E-state index >= 15 is 0 Å². The summed E-state index contributed by atoms with van der Waals surface area (Å²) >= 11 is 3.39. The van der Waals surface area contributed by atoms with Crippen LogP contribution in [0.5, 0.6) is 0 Å². The van der Waals surface area contributed by atoms with Crippen LogP contribution in [0.3, 0.4) is 0 Å². The molecule has 0 aliphatic carbocycles. The number of nitrogens with two attached hydrogens (primary N) is 1. The molecule has 0 saturated heterocycles. The largest absolute Gasteiger partial charge is 0.461 e. The Morgan fingerprint density at radius 3 is 2.74 bits per heavy atom. The summed E-state index contributed by atoms with van der Waals surface area (Å²) in [6.45, 7) is 5.12. The number of hydrogen-bond acceptors (Lipinski definition) is 3. The molecule has 0 bridgehead atoms. The lowest BCUT2D eigenvalue weighted by molar-refractivity contribution is -0.146. The van der Waals surface area contributed by atoms with Gasteiger partial charge >= 0.3 is 5.97 Å². The quantitative estimate of drug-likeness (QED) is 0.780. The van der Waals surface area contributed by atoms with Crippen molar-refractivity contribution in [2.45, 2.75) is 33.3 Å². The van der Waals surface area contributed by atoms with Crippen LogP contribution in [0.25, 0.3) is 0 Å². The molecule has 1 atom stereocenters. The molecule has 0 radical (unpaired) electrons. The van der Waals surface area contributed by atoms with Crippen molar-refractivity contribution < 1.29 is 9.53 Å². The van der Waals surface area contributed by atoms with Crippen molar-refractivity contribution >= 4 is 21.9 Å². The molecule has 4 heteroatoms. The van der Waals surface area contributed by atoms with E-state index in [9.17, 15) is 4.79 Å². The van der Waals surface area contributed by atoms with Crippen molar-refractivity contribution in [2.75, 3.05) is 6.54 Å². The average Bonchev–Trinajstić information content (AvgIpc) is 2.35. The molecule has 0 aliphatic heterocycles. The lowest BCUT2D eigenvalue weighted by Gasteiger charge is -2.16. The molecule has 0 aromatic heterocycles. The molecule has 1 aromatic rings. The van der Waals surface area contributed by atoms with Gasteiger partial charge in [0.2, 0.25) is 0 Å². The second-order valence-corrected chi connectivity index (χ2v) is 6.14. The van der Waals surface area contributed by atoms with Crippen molar-refractivity contribution in [3.05, 3.63) is 34.3 Å². The fourth-order valence-corrected chi connectivity index (χ4v) is 2.46. The van der Waals surface area contributed by atoms with E-state index in [1.165, 1.54) is 0 Å². The molecular weight excluding hydrogens is 306 g/mol. The number of hydrogen-bond donors (Lipinski definition) is 1. The summed E-state index contributed by atoms with van der Waals surface area (Å²) in [6.07, 6.45) is 1.37. The Morgan fingerprint density at radius 2 is 2.16 bits per heavy atom. The molecule has 3 nitrogen and oxygen atoms in total. The van der Waals surface area contributed by atoms with Crippen LogP contribution in [0.15, 0.2) is 28.7 Å². The van der Waals surface area contributed by atoms with Gasteiger partial charge in [0.05, 0.1) is 0 Å². The fraction of sp³-hybridized carbons (Fsp3) is 0.533. The van der Waals surface area contributed by atoms with E-state index < -0.39 is 0 Å². The maximum Gasteiger partial charge on any atom is 0.306 e. The van der Waals surface area contributed by atoms with Crippen LogP contribution in [0.2, 0.25) is 0 Å². The summed E-state index contributed by atoms with van der Waals surface area (Å²) < 4.78 is 6.27. The Kier molecular flexibility index (Phi) is 7.10. The highest BCUT2D eigenvalue weighted by molar-refractivity contribution is 9.10. The molecule has 0 fully saturated rings. The molecule has 0 saturated carbocycles. The van der Waals surface area contributed by atoms with E-state index in [-0.39, 0.29) is 11.9 Å². The van der Waals surface area contributed by atoms with Crippen LogP contribution >= 0.6 is 15.9 Å². The number of rotatable bonds is 7. The van der Waals surface area contributed by atoms with E-state index in [0.29, 0.717) is 25.5 Å². The Balaban J connectivity index is 2.38. The van der Waals surface area contributed by atoms with Gasteiger partial charge in [0.25, 0.3) is 0 Å². The monoisotopic (exact) mass is 327 g/mol. The van der Waals surface area contributed by atoms with Gasteiger partial charge in [-0.3, -0.25) is 4.79 Å². The van der Waals surface area contributed by atoms with Crippen LogP contribution in [-0.4, -0.2) is 12.5 Å². The van der Waals surface area contributed by atoms with Gasteiger partial charge in [0.1, 0.15) is 6.61 Å². The highest BCUT2D eigenvalue weighted by Gasteiger charge is 2.15. The van der Waals surface area contributed by atoms with Gasteiger partial charge < -0.3 is 10.5 Å². The number of ether oxygens (including phenoxy) is 1. The minimum Gasteiger partial charge on any atom is -0.461 e. The van der Waals surface area contributed by atoms with Gasteiger partial charge in [0.15, 0.2) is 0 Å². The molecule has 0 spiro atoms. The third kappa shape index (κ3) is 6.73. The smallest absolute Gasteiger partial charge is 0.306 e. The molecular formula is C15H22BrNO2. The molecule has 1 unspecified atom stereocenters. The lowest BCUT2D eigenvalue weighted by Crippen LogP contribution is -2.21. The highest BCUT2D eigenvalue weighted by atomic mass is 79.9. The first-order valence-electron chi connectivity index (χ1n) is 6.61. The Hall–Kier alpha value is -0.870. The Morgan fingerprint density at radius 1 is 1.42 bits per heavy atom. The molecule has 106 valence electrons. The van der Waals surface area contributed by atoms with Crippen LogP contribution in [-0.2, 0) is 16.1 Å². The van der Waals surface area contributed by atoms with Gasteiger partial charge in [-0.1, -0.05) is 41.9 Å². The third-order valence-electron chi connectivity index (χ3n) is 2.88. The summed E-state index contributed by atoms with van der Waals surface area (Å²) in [5, 5.41) is 0. The standard InChI is InChI=1S/C15H22BrNO2/c1-11(2)6-13(9-17)8-15(18)19-10-12-4-3-5-14(16)7-12/h3-5,7,11,13H,6,8-10,17H2,1-2H3. The predicted octanol–water partition coefficient (Wildman–Crippen LogP) is 3.50. The minimum atomic E-state index is -0.170. The van der Waals surface area contributed by atoms with Crippen LogP contribution in [0.4, 0.5) is 0 Å². The van der Waals surface area contributed by atoms with Crippen molar-refractivity contribution in [1.29, 1.82) is 0 Å². The highest BCUT2D eigenvalue weighted by Crippen LogP contribution is 2.16. The molecule has 1 aromatic carbocycles. The molecule has 19 heavy (non-hydrogen) atoms. The topological polar surface area (TPSA) is 52.3 Å². The van der Waals surface area contributed by atoms with Crippen LogP contribution in [0, 0.1) is 11.8 Å². The van der Waals surface area contributed by atoms with Crippen molar-refractivity contribution in [1.82, 2.24) is 0 Å². The fourth-order valence-electron chi connectivity index (χ4n) is 2.01. The zero-order valence-corrected chi connectivity index (χ0v) is 13.2. The number of carbonyl (C=O) groups is 1. The lowest BCUT2D eigenvalue weighted by atomic mass is 9.94. The van der Waals surface area contributed by atoms with Gasteiger partial charge in [-0.25, -0.2) is 0 Å². The zero-order valence-electron chi connectivity index (χ0n) is 11.6. The Bertz CT molecular complexity index is 407. The van der Waals surface area contributed by atoms with E-state index in [1.807, 2.05) is 24.3 Å². The molecule has 1 rings (SSSR count). The molecule has 0 aliphatic rings. The Labute approximate surface area is 123 Å². The van der Waals surface area contributed by atoms with Crippen molar-refractivity contribution in [3.63, 3.8) is 0 Å². The van der Waals surface area contributed by atoms with Gasteiger partial charge in [-0.15, -0.1) is 0 Å². The van der Waals surface area contributed by atoms with Crippen molar-refractivity contribution in [3.8, 4) is 0 Å². The molecule has 0 amide bonds. The van der Waals surface area contributed by atoms with Crippen molar-refractivity contribution in [2.24, 2.45) is 17.6 Å². The van der Waals surface area contributed by atoms with Gasteiger partial charge in [0, 0.05) is 10.9 Å². The van der Waals surface area contributed by atoms with Gasteiger partial charge in [-0.2, -0.15) is 0 Å². The van der Waals surface area contributed by atoms with E-state index in [2.05, 4.69) is 29.8 Å². The minimum absolute atomic E-state index is 0.170. The number of halogens is 1. The summed E-state index contributed by atoms with van der Waals surface area (Å²) in [4.78, 5) is 11.8. The summed E-state index contributed by atoms with van der Waals surface area (Å²) in [5.74, 6) is 0.595. The second-order valence-electron chi connectivity index (χ2n) is 5.23. The predicted molar refractivity (Wildman–Crippen MR) is 80.6 cm³/mol. The molecule has 0 heterocycles. The summed E-state index contributed by atoms with van der Waals surface area (Å²) in [6, 6.07) is 7.75. The maximum absolute atomic E-state index is 11.8. The normalized spacial score (nSPS) is 12.5. The van der Waals surface area contributed by atoms with Gasteiger partial charge in [-0.05, 0) is 42.5 Å². The third-order valence-corrected chi connectivity index (χ3v) is 3.38. The van der Waals surface area contributed by atoms with E-state index in [1.54, 1.807) is 0 Å². The van der Waals surface area contributed by atoms with Crippen LogP contribution < -0.4 is 5.73 Å². The first-order valence-corrected chi connectivity index (χ1v) is 7.40. The summed E-state index contributed by atoms with van der Waals surface area (Å²) in [7, 11) is 0. The second kappa shape index (κ2) is 8.33. The zero-order chi connectivity index (χ0) is 14.3. The number of benzene rings is 1. The first-order chi connectivity index (χ1) is 9.01. The first kappa shape index (κ1) is 16.2. The molecule has 2 N–H and O–H groups in total. The van der Waals surface area contributed by atoms with Crippen LogP contribution in [0.1, 0.15) is 32.3 Å².